The monoisotopic (exact) mass is 489 g/mol. The van der Waals surface area contributed by atoms with Gasteiger partial charge in [-0.15, -0.1) is 0 Å². The van der Waals surface area contributed by atoms with Crippen molar-refractivity contribution in [3.63, 3.8) is 0 Å². The number of aryl methyl sites for hydroxylation is 1. The first kappa shape index (κ1) is 22.5. The van der Waals surface area contributed by atoms with Crippen molar-refractivity contribution in [3.05, 3.63) is 41.6 Å². The van der Waals surface area contributed by atoms with Crippen molar-refractivity contribution in [1.82, 2.24) is 29.3 Å². The lowest BCUT2D eigenvalue weighted by Crippen LogP contribution is -2.20. The number of ether oxygens (including phenoxy) is 2. The van der Waals surface area contributed by atoms with Crippen molar-refractivity contribution in [2.75, 3.05) is 19.0 Å². The highest BCUT2D eigenvalue weighted by atomic mass is 35.5. The Hall–Kier alpha value is -3.31. The maximum atomic E-state index is 14.0. The van der Waals surface area contributed by atoms with Crippen molar-refractivity contribution in [3.8, 4) is 17.1 Å². The molecule has 1 aliphatic heterocycles. The number of nitrogens with zero attached hydrogens (tertiary/aromatic N) is 6. The van der Waals surface area contributed by atoms with Gasteiger partial charge in [-0.3, -0.25) is 9.25 Å². The summed E-state index contributed by atoms with van der Waals surface area (Å²) in [7, 11) is 3.31. The minimum atomic E-state index is -2.81. The number of imidazole rings is 1. The number of pyridine rings is 1. The Balaban J connectivity index is 1.63. The van der Waals surface area contributed by atoms with E-state index < -0.39 is 18.5 Å². The Morgan fingerprint density at radius 3 is 2.76 bits per heavy atom. The minimum absolute atomic E-state index is 0.134. The van der Waals surface area contributed by atoms with Gasteiger partial charge in [-0.05, 0) is 31.4 Å². The summed E-state index contributed by atoms with van der Waals surface area (Å²) in [6, 6.07) is 6.98. The minimum Gasteiger partial charge on any atom is -0.494 e. The van der Waals surface area contributed by atoms with Gasteiger partial charge in [0.25, 0.3) is 6.43 Å². The molecule has 0 spiro atoms. The van der Waals surface area contributed by atoms with Gasteiger partial charge in [0, 0.05) is 19.7 Å². The highest BCUT2D eigenvalue weighted by Gasteiger charge is 2.29. The van der Waals surface area contributed by atoms with Gasteiger partial charge < -0.3 is 14.8 Å². The highest BCUT2D eigenvalue weighted by molar-refractivity contribution is 6.30. The lowest BCUT2D eigenvalue weighted by molar-refractivity contribution is -0.0363. The lowest BCUT2D eigenvalue weighted by atomic mass is 10.1. The first-order valence-corrected chi connectivity index (χ1v) is 11.1. The number of halogens is 3. The third-order valence-corrected chi connectivity index (χ3v) is 5.81. The number of fused-ring (bicyclic) bond motifs is 1. The third-order valence-electron chi connectivity index (χ3n) is 5.61. The molecular weight excluding hydrogens is 468 g/mol. The second-order valence-electron chi connectivity index (χ2n) is 7.88. The molecule has 1 unspecified atom stereocenters. The molecule has 0 saturated carbocycles. The van der Waals surface area contributed by atoms with Gasteiger partial charge in [-0.1, -0.05) is 17.7 Å². The molecule has 34 heavy (non-hydrogen) atoms. The zero-order valence-electron chi connectivity index (χ0n) is 18.5. The summed E-state index contributed by atoms with van der Waals surface area (Å²) in [5, 5.41) is 7.71. The number of aromatic nitrogens is 6. The van der Waals surface area contributed by atoms with Crippen LogP contribution in [0.5, 0.6) is 5.75 Å². The van der Waals surface area contributed by atoms with Gasteiger partial charge >= 0.3 is 0 Å². The summed E-state index contributed by atoms with van der Waals surface area (Å²) in [4.78, 5) is 12.9. The Kier molecular flexibility index (Phi) is 6.05. The largest absolute Gasteiger partial charge is 0.494 e. The zero-order valence-corrected chi connectivity index (χ0v) is 19.3. The molecule has 1 N–H and O–H groups in total. The molecule has 1 atom stereocenters. The Labute approximate surface area is 198 Å². The Morgan fingerprint density at radius 2 is 2.09 bits per heavy atom. The zero-order chi connectivity index (χ0) is 23.8. The van der Waals surface area contributed by atoms with Gasteiger partial charge in [0.05, 0.1) is 24.0 Å². The summed E-state index contributed by atoms with van der Waals surface area (Å²) in [5.41, 5.74) is 2.14. The molecule has 3 aromatic heterocycles. The van der Waals surface area contributed by atoms with E-state index in [1.807, 2.05) is 12.1 Å². The number of nitrogens with one attached hydrogen (secondary N) is 1. The van der Waals surface area contributed by atoms with Crippen LogP contribution < -0.4 is 10.1 Å². The molecule has 4 heterocycles. The fourth-order valence-corrected chi connectivity index (χ4v) is 4.34. The number of para-hydroxylation sites is 1. The first-order chi connectivity index (χ1) is 16.5. The molecule has 4 aromatic rings. The van der Waals surface area contributed by atoms with Crippen LogP contribution in [0.25, 0.3) is 22.6 Å². The van der Waals surface area contributed by atoms with Crippen molar-refractivity contribution in [2.24, 2.45) is 7.05 Å². The van der Waals surface area contributed by atoms with Crippen molar-refractivity contribution >= 4 is 34.1 Å². The second-order valence-corrected chi connectivity index (χ2v) is 8.27. The third kappa shape index (κ3) is 4.05. The van der Waals surface area contributed by atoms with Gasteiger partial charge in [0.2, 0.25) is 0 Å². The van der Waals surface area contributed by atoms with Gasteiger partial charge in [-0.2, -0.15) is 5.10 Å². The summed E-state index contributed by atoms with van der Waals surface area (Å²) < 4.78 is 42.3. The van der Waals surface area contributed by atoms with Crippen LogP contribution >= 0.6 is 11.6 Å². The molecule has 1 aromatic carbocycles. The average Bonchev–Trinajstić information content (AvgIpc) is 3.43. The van der Waals surface area contributed by atoms with Crippen molar-refractivity contribution in [2.45, 2.75) is 31.9 Å². The standard InChI is InChI=1S/C22H22ClF2N7O2/c1-31-11-26-20(30-31)12-6-5-7-13(18(12)33-2)27-14-10-15(23)28-21-17(14)29-22(19(24)25)32(21)16-8-3-4-9-34-16/h5-7,10-11,16,19H,3-4,8-9H2,1-2H3,(H,27,28). The van der Waals surface area contributed by atoms with E-state index in [-0.39, 0.29) is 16.3 Å². The molecule has 1 fully saturated rings. The van der Waals surface area contributed by atoms with Crippen LogP contribution in [-0.4, -0.2) is 43.0 Å². The average molecular weight is 490 g/mol. The number of methoxy groups -OCH3 is 1. The van der Waals surface area contributed by atoms with Crippen LogP contribution in [0.3, 0.4) is 0 Å². The number of hydrogen-bond donors (Lipinski definition) is 1. The molecule has 178 valence electrons. The van der Waals surface area contributed by atoms with Crippen LogP contribution in [0.2, 0.25) is 5.15 Å². The molecule has 12 heteroatoms. The van der Waals surface area contributed by atoms with E-state index >= 15 is 0 Å². The lowest BCUT2D eigenvalue weighted by Gasteiger charge is -2.25. The van der Waals surface area contributed by atoms with E-state index in [0.29, 0.717) is 41.5 Å². The number of alkyl halides is 2. The molecule has 0 bridgehead atoms. The maximum absolute atomic E-state index is 14.0. The Bertz CT molecular complexity index is 1330. The first-order valence-electron chi connectivity index (χ1n) is 10.7. The summed E-state index contributed by atoms with van der Waals surface area (Å²) >= 11 is 6.32. The molecule has 0 amide bonds. The normalized spacial score (nSPS) is 16.4. The fourth-order valence-electron chi connectivity index (χ4n) is 4.15. The van der Waals surface area contributed by atoms with E-state index in [1.165, 1.54) is 11.7 Å². The maximum Gasteiger partial charge on any atom is 0.295 e. The molecule has 0 radical (unpaired) electrons. The topological polar surface area (TPSA) is 91.9 Å². The number of rotatable bonds is 6. The predicted molar refractivity (Wildman–Crippen MR) is 123 cm³/mol. The highest BCUT2D eigenvalue weighted by Crippen LogP contribution is 2.40. The molecule has 1 saturated heterocycles. The Morgan fingerprint density at radius 1 is 1.24 bits per heavy atom. The summed E-state index contributed by atoms with van der Waals surface area (Å²) in [6.07, 6.45) is 0.552. The van der Waals surface area contributed by atoms with Crippen LogP contribution in [0, 0.1) is 0 Å². The van der Waals surface area contributed by atoms with Crippen LogP contribution in [0.4, 0.5) is 20.2 Å². The quantitative estimate of drug-likeness (QED) is 0.369. The van der Waals surface area contributed by atoms with E-state index in [2.05, 4.69) is 25.4 Å². The van der Waals surface area contributed by atoms with Gasteiger partial charge in [-0.25, -0.2) is 23.7 Å². The molecule has 0 aliphatic carbocycles. The van der Waals surface area contributed by atoms with Crippen LogP contribution in [0.15, 0.2) is 30.6 Å². The smallest absolute Gasteiger partial charge is 0.295 e. The van der Waals surface area contributed by atoms with Crippen molar-refractivity contribution < 1.29 is 18.3 Å². The van der Waals surface area contributed by atoms with Crippen molar-refractivity contribution in [1.29, 1.82) is 0 Å². The molecule has 5 rings (SSSR count). The number of benzene rings is 1. The number of anilines is 2. The molecule has 1 aliphatic rings. The summed E-state index contributed by atoms with van der Waals surface area (Å²) in [6.45, 7) is 0.490. The van der Waals surface area contributed by atoms with E-state index in [0.717, 1.165) is 12.8 Å². The molecule has 9 nitrogen and oxygen atoms in total. The van der Waals surface area contributed by atoms with Crippen LogP contribution in [0.1, 0.15) is 37.7 Å². The summed E-state index contributed by atoms with van der Waals surface area (Å²) in [5.74, 6) is 0.566. The van der Waals surface area contributed by atoms with Gasteiger partial charge in [0.1, 0.15) is 23.2 Å². The predicted octanol–water partition coefficient (Wildman–Crippen LogP) is 5.27. The SMILES string of the molecule is COc1c(Nc2cc(Cl)nc3c2nc(C(F)F)n3C2CCCCO2)cccc1-c1ncn(C)n1. The number of hydrogen-bond acceptors (Lipinski definition) is 7. The fraction of sp³-hybridized carbons (Fsp3) is 0.364. The van der Waals surface area contributed by atoms with Crippen LogP contribution in [-0.2, 0) is 11.8 Å². The second kappa shape index (κ2) is 9.15. The van der Waals surface area contributed by atoms with Gasteiger partial charge in [0.15, 0.2) is 23.0 Å². The van der Waals surface area contributed by atoms with E-state index in [4.69, 9.17) is 21.1 Å². The van der Waals surface area contributed by atoms with E-state index in [9.17, 15) is 8.78 Å². The van der Waals surface area contributed by atoms with E-state index in [1.54, 1.807) is 30.2 Å². The molecular formula is C22H22ClF2N7O2.